The minimum atomic E-state index is -0.561. The number of aromatic hydroxyl groups is 1. The molecule has 0 aliphatic rings. The summed E-state index contributed by atoms with van der Waals surface area (Å²) in [7, 11) is 0. The molecule has 24 heavy (non-hydrogen) atoms. The topological polar surface area (TPSA) is 78.8 Å². The Morgan fingerprint density at radius 1 is 1.17 bits per heavy atom. The quantitative estimate of drug-likeness (QED) is 0.689. The number of rotatable bonds is 3. The Bertz CT molecular complexity index is 814. The Morgan fingerprint density at radius 2 is 1.83 bits per heavy atom. The second kappa shape index (κ2) is 6.79. The van der Waals surface area contributed by atoms with Crippen LogP contribution in [0.15, 0.2) is 35.5 Å². The fraction of sp³-hybridized carbons (Fsp3) is 0.235. The van der Waals surface area contributed by atoms with Crippen molar-refractivity contribution < 1.29 is 9.90 Å². The normalized spacial score (nSPS) is 11.2. The Morgan fingerprint density at radius 3 is 2.38 bits per heavy atom. The number of nitroso groups, excluding NO2 is 1. The number of benzene rings is 2. The molecule has 126 valence electrons. The number of phenolic OH excluding ortho intramolecular Hbond substituents is 1. The molecule has 0 aliphatic heterocycles. The summed E-state index contributed by atoms with van der Waals surface area (Å²) in [5, 5.41) is 16.3. The van der Waals surface area contributed by atoms with Crippen LogP contribution in [0, 0.1) is 4.91 Å². The van der Waals surface area contributed by atoms with Crippen LogP contribution in [0.5, 0.6) is 5.75 Å². The van der Waals surface area contributed by atoms with Crippen molar-refractivity contribution in [3.63, 3.8) is 0 Å². The number of hydrogen-bond donors (Lipinski definition) is 2. The summed E-state index contributed by atoms with van der Waals surface area (Å²) < 4.78 is 0. The van der Waals surface area contributed by atoms with E-state index in [2.05, 4.69) is 10.5 Å². The van der Waals surface area contributed by atoms with Crippen LogP contribution in [-0.2, 0) is 5.41 Å². The molecule has 0 heterocycles. The third kappa shape index (κ3) is 3.86. The molecule has 0 saturated carbocycles. The molecule has 0 radical (unpaired) electrons. The predicted molar refractivity (Wildman–Crippen MR) is 96.7 cm³/mol. The van der Waals surface area contributed by atoms with Gasteiger partial charge in [-0.2, -0.15) is 0 Å². The van der Waals surface area contributed by atoms with Gasteiger partial charge in [0.25, 0.3) is 5.91 Å². The van der Waals surface area contributed by atoms with E-state index in [4.69, 9.17) is 23.2 Å². The molecule has 2 aromatic carbocycles. The molecule has 0 fully saturated rings. The highest BCUT2D eigenvalue weighted by atomic mass is 35.5. The Hall–Kier alpha value is -2.11. The second-order valence-corrected chi connectivity index (χ2v) is 7.15. The van der Waals surface area contributed by atoms with Crippen molar-refractivity contribution in [3.05, 3.63) is 56.4 Å². The Balaban J connectivity index is 2.40. The van der Waals surface area contributed by atoms with Gasteiger partial charge in [0.05, 0.1) is 16.3 Å². The minimum Gasteiger partial charge on any atom is -0.507 e. The van der Waals surface area contributed by atoms with E-state index in [1.54, 1.807) is 6.07 Å². The van der Waals surface area contributed by atoms with Crippen molar-refractivity contribution in [2.24, 2.45) is 5.18 Å². The van der Waals surface area contributed by atoms with Crippen molar-refractivity contribution in [3.8, 4) is 5.75 Å². The first-order valence-corrected chi connectivity index (χ1v) is 7.86. The summed E-state index contributed by atoms with van der Waals surface area (Å²) in [4.78, 5) is 23.0. The molecule has 7 heteroatoms. The number of amides is 1. The maximum Gasteiger partial charge on any atom is 0.259 e. The first-order valence-electron chi connectivity index (χ1n) is 7.10. The van der Waals surface area contributed by atoms with Gasteiger partial charge in [-0.15, -0.1) is 4.91 Å². The number of phenols is 1. The van der Waals surface area contributed by atoms with Crippen LogP contribution in [-0.4, -0.2) is 11.0 Å². The van der Waals surface area contributed by atoms with Gasteiger partial charge < -0.3 is 10.4 Å². The van der Waals surface area contributed by atoms with Gasteiger partial charge in [0.1, 0.15) is 11.4 Å². The number of hydrogen-bond acceptors (Lipinski definition) is 4. The van der Waals surface area contributed by atoms with Crippen molar-refractivity contribution in [1.82, 2.24) is 0 Å². The van der Waals surface area contributed by atoms with E-state index < -0.39 is 5.91 Å². The van der Waals surface area contributed by atoms with Crippen LogP contribution in [0.1, 0.15) is 36.7 Å². The maximum absolute atomic E-state index is 12.5. The summed E-state index contributed by atoms with van der Waals surface area (Å²) in [6, 6.07) is 7.24. The molecule has 2 N–H and O–H groups in total. The monoisotopic (exact) mass is 366 g/mol. The molecular formula is C17H16Cl2N2O3. The lowest BCUT2D eigenvalue weighted by atomic mass is 9.85. The largest absolute Gasteiger partial charge is 0.507 e. The molecule has 0 saturated heterocycles. The Kier molecular flexibility index (Phi) is 5.16. The molecule has 0 bridgehead atoms. The van der Waals surface area contributed by atoms with Gasteiger partial charge in [-0.3, -0.25) is 4.79 Å². The molecule has 2 aromatic rings. The van der Waals surface area contributed by atoms with Crippen molar-refractivity contribution in [2.45, 2.75) is 26.2 Å². The SMILES string of the molecule is CC(C)(C)c1cc(Cl)cc(C(=O)Nc2ccc(N=O)cc2Cl)c1O. The average molecular weight is 367 g/mol. The fourth-order valence-corrected chi connectivity index (χ4v) is 2.64. The molecule has 0 unspecified atom stereocenters. The maximum atomic E-state index is 12.5. The standard InChI is InChI=1S/C17H16Cl2N2O3/c1-17(2,3)12-7-9(18)6-11(15(12)22)16(23)20-14-5-4-10(21-24)8-13(14)19/h4-8,22H,1-3H3,(H,20,23). The zero-order chi connectivity index (χ0) is 18.1. The van der Waals surface area contributed by atoms with Gasteiger partial charge in [-0.25, -0.2) is 0 Å². The van der Waals surface area contributed by atoms with Crippen LogP contribution in [0.2, 0.25) is 10.0 Å². The zero-order valence-electron chi connectivity index (χ0n) is 13.4. The van der Waals surface area contributed by atoms with E-state index in [-0.39, 0.29) is 27.4 Å². The van der Waals surface area contributed by atoms with Crippen LogP contribution < -0.4 is 5.32 Å². The van der Waals surface area contributed by atoms with E-state index in [9.17, 15) is 14.8 Å². The fourth-order valence-electron chi connectivity index (χ4n) is 2.20. The zero-order valence-corrected chi connectivity index (χ0v) is 14.9. The highest BCUT2D eigenvalue weighted by molar-refractivity contribution is 6.34. The van der Waals surface area contributed by atoms with E-state index in [0.717, 1.165) is 0 Å². The lowest BCUT2D eigenvalue weighted by molar-refractivity contribution is 0.102. The minimum absolute atomic E-state index is 0.0427. The molecule has 0 aromatic heterocycles. The number of carbonyl (C=O) groups excluding carboxylic acids is 1. The molecule has 0 aliphatic carbocycles. The molecule has 0 spiro atoms. The number of nitrogens with one attached hydrogen (secondary N) is 1. The van der Waals surface area contributed by atoms with Gasteiger partial charge in [0, 0.05) is 10.6 Å². The van der Waals surface area contributed by atoms with E-state index in [1.165, 1.54) is 24.3 Å². The van der Waals surface area contributed by atoms with Crippen molar-refractivity contribution in [1.29, 1.82) is 0 Å². The van der Waals surface area contributed by atoms with E-state index in [1.807, 2.05) is 20.8 Å². The summed E-state index contributed by atoms with van der Waals surface area (Å²) in [6.07, 6.45) is 0. The average Bonchev–Trinajstić information content (AvgIpc) is 2.50. The van der Waals surface area contributed by atoms with Crippen LogP contribution in [0.4, 0.5) is 11.4 Å². The van der Waals surface area contributed by atoms with Gasteiger partial charge in [-0.05, 0) is 40.9 Å². The second-order valence-electron chi connectivity index (χ2n) is 6.31. The summed E-state index contributed by atoms with van der Waals surface area (Å²) in [5.74, 6) is -0.694. The lowest BCUT2D eigenvalue weighted by Crippen LogP contribution is -2.17. The van der Waals surface area contributed by atoms with Gasteiger partial charge >= 0.3 is 0 Å². The molecular weight excluding hydrogens is 351 g/mol. The van der Waals surface area contributed by atoms with E-state index in [0.29, 0.717) is 16.3 Å². The highest BCUT2D eigenvalue weighted by Gasteiger charge is 2.24. The third-order valence-electron chi connectivity index (χ3n) is 3.43. The molecule has 1 amide bonds. The number of nitrogens with zero attached hydrogens (tertiary/aromatic N) is 1. The number of carbonyl (C=O) groups is 1. The summed E-state index contributed by atoms with van der Waals surface area (Å²) in [5.41, 5.74) is 0.663. The lowest BCUT2D eigenvalue weighted by Gasteiger charge is -2.22. The third-order valence-corrected chi connectivity index (χ3v) is 3.96. The Labute approximate surface area is 149 Å². The van der Waals surface area contributed by atoms with Gasteiger partial charge in [0.15, 0.2) is 0 Å². The predicted octanol–water partition coefficient (Wildman–Crippen LogP) is 5.65. The van der Waals surface area contributed by atoms with Crippen molar-refractivity contribution >= 4 is 40.5 Å². The van der Waals surface area contributed by atoms with E-state index >= 15 is 0 Å². The van der Waals surface area contributed by atoms with Gasteiger partial charge in [-0.1, -0.05) is 44.0 Å². The smallest absolute Gasteiger partial charge is 0.259 e. The first kappa shape index (κ1) is 18.2. The highest BCUT2D eigenvalue weighted by Crippen LogP contribution is 2.36. The van der Waals surface area contributed by atoms with Crippen LogP contribution in [0.3, 0.4) is 0 Å². The molecule has 5 nitrogen and oxygen atoms in total. The molecule has 2 rings (SSSR count). The number of halogens is 2. The number of anilines is 1. The summed E-state index contributed by atoms with van der Waals surface area (Å²) >= 11 is 12.1. The van der Waals surface area contributed by atoms with Crippen LogP contribution in [0.25, 0.3) is 0 Å². The molecule has 0 atom stereocenters. The first-order chi connectivity index (χ1) is 11.1. The summed E-state index contributed by atoms with van der Waals surface area (Å²) in [6.45, 7) is 5.71. The van der Waals surface area contributed by atoms with Crippen molar-refractivity contribution in [2.75, 3.05) is 5.32 Å². The van der Waals surface area contributed by atoms with Crippen LogP contribution >= 0.6 is 23.2 Å². The van der Waals surface area contributed by atoms with Gasteiger partial charge in [0.2, 0.25) is 0 Å².